The van der Waals surface area contributed by atoms with Crippen molar-refractivity contribution in [3.63, 3.8) is 0 Å². The van der Waals surface area contributed by atoms with E-state index in [-0.39, 0.29) is 17.3 Å². The predicted octanol–water partition coefficient (Wildman–Crippen LogP) is 1.28. The lowest BCUT2D eigenvalue weighted by molar-refractivity contribution is 0.158. The van der Waals surface area contributed by atoms with Crippen molar-refractivity contribution in [3.05, 3.63) is 29.6 Å². The van der Waals surface area contributed by atoms with E-state index in [2.05, 4.69) is 4.90 Å². The summed E-state index contributed by atoms with van der Waals surface area (Å²) in [6, 6.07) is 4.89. The quantitative estimate of drug-likeness (QED) is 0.818. The Morgan fingerprint density at radius 1 is 1.42 bits per heavy atom. The number of nitrogens with zero attached hydrogens (tertiary/aromatic N) is 1. The van der Waals surface area contributed by atoms with Crippen molar-refractivity contribution in [2.24, 2.45) is 0 Å². The number of ether oxygens (including phenoxy) is 1. The zero-order valence-corrected chi connectivity index (χ0v) is 11.9. The number of benzene rings is 1. The maximum Gasteiger partial charge on any atom is 0.165 e. The summed E-state index contributed by atoms with van der Waals surface area (Å²) in [4.78, 5) is 2.08. The van der Waals surface area contributed by atoms with Crippen LogP contribution in [0.1, 0.15) is 11.5 Å². The predicted molar refractivity (Wildman–Crippen MR) is 71.8 cm³/mol. The van der Waals surface area contributed by atoms with E-state index in [4.69, 9.17) is 4.74 Å². The molecule has 4 nitrogen and oxygen atoms in total. The Kier molecular flexibility index (Phi) is 4.10. The van der Waals surface area contributed by atoms with Gasteiger partial charge < -0.3 is 9.64 Å². The van der Waals surface area contributed by atoms with Crippen LogP contribution in [0.2, 0.25) is 0 Å². The third kappa shape index (κ3) is 3.67. The first kappa shape index (κ1) is 14.3. The molecule has 0 aliphatic carbocycles. The molecule has 0 spiro atoms. The van der Waals surface area contributed by atoms with Gasteiger partial charge in [0.15, 0.2) is 11.6 Å². The Hall–Kier alpha value is -1.14. The number of halogens is 1. The van der Waals surface area contributed by atoms with Crippen LogP contribution in [0.15, 0.2) is 18.2 Å². The van der Waals surface area contributed by atoms with Gasteiger partial charge in [-0.15, -0.1) is 0 Å². The molecule has 0 radical (unpaired) electrons. The van der Waals surface area contributed by atoms with Crippen LogP contribution in [-0.2, 0) is 9.84 Å². The third-order valence-corrected chi connectivity index (χ3v) is 4.31. The summed E-state index contributed by atoms with van der Waals surface area (Å²) in [5.74, 6) is 0.410. The Balaban J connectivity index is 1.90. The van der Waals surface area contributed by atoms with Crippen molar-refractivity contribution in [2.75, 3.05) is 38.8 Å². The molecule has 2 rings (SSSR count). The number of rotatable bonds is 5. The van der Waals surface area contributed by atoms with Crippen molar-refractivity contribution in [2.45, 2.75) is 5.92 Å². The van der Waals surface area contributed by atoms with E-state index in [1.54, 1.807) is 12.1 Å². The zero-order valence-electron chi connectivity index (χ0n) is 11.1. The molecule has 0 saturated carbocycles. The van der Waals surface area contributed by atoms with Gasteiger partial charge in [-0.3, -0.25) is 0 Å². The van der Waals surface area contributed by atoms with Crippen LogP contribution in [0.25, 0.3) is 0 Å². The highest BCUT2D eigenvalue weighted by atomic mass is 32.2. The van der Waals surface area contributed by atoms with E-state index in [1.165, 1.54) is 19.4 Å². The maximum atomic E-state index is 13.3. The minimum Gasteiger partial charge on any atom is -0.494 e. The van der Waals surface area contributed by atoms with Gasteiger partial charge in [-0.2, -0.15) is 0 Å². The molecule has 0 unspecified atom stereocenters. The highest BCUT2D eigenvalue weighted by Gasteiger charge is 2.28. The molecular weight excluding hydrogens is 269 g/mol. The molecular formula is C13H18FNO3S. The SMILES string of the molecule is COc1cc(C2CN(CCS(C)(=O)=O)C2)ccc1F. The average Bonchev–Trinajstić information content (AvgIpc) is 2.27. The van der Waals surface area contributed by atoms with Gasteiger partial charge in [-0.1, -0.05) is 6.07 Å². The van der Waals surface area contributed by atoms with Gasteiger partial charge in [0.05, 0.1) is 12.9 Å². The van der Waals surface area contributed by atoms with E-state index in [0.29, 0.717) is 12.5 Å². The fourth-order valence-electron chi connectivity index (χ4n) is 2.19. The van der Waals surface area contributed by atoms with Gasteiger partial charge in [0.2, 0.25) is 0 Å². The molecule has 1 heterocycles. The van der Waals surface area contributed by atoms with E-state index < -0.39 is 9.84 Å². The molecule has 0 amide bonds. The molecule has 106 valence electrons. The lowest BCUT2D eigenvalue weighted by Gasteiger charge is -2.39. The Bertz CT molecular complexity index is 553. The van der Waals surface area contributed by atoms with Gasteiger partial charge >= 0.3 is 0 Å². The first-order valence-electron chi connectivity index (χ1n) is 6.12. The molecule has 0 N–H and O–H groups in total. The van der Waals surface area contributed by atoms with E-state index in [0.717, 1.165) is 18.7 Å². The van der Waals surface area contributed by atoms with Crippen LogP contribution in [0.4, 0.5) is 4.39 Å². The molecule has 1 fully saturated rings. The molecule has 1 saturated heterocycles. The fourth-order valence-corrected chi connectivity index (χ4v) is 2.78. The van der Waals surface area contributed by atoms with E-state index in [9.17, 15) is 12.8 Å². The van der Waals surface area contributed by atoms with Crippen LogP contribution in [-0.4, -0.2) is 52.1 Å². The summed E-state index contributed by atoms with van der Waals surface area (Å²) in [6.07, 6.45) is 1.25. The minimum atomic E-state index is -2.91. The molecule has 6 heteroatoms. The summed E-state index contributed by atoms with van der Waals surface area (Å²) in [7, 11) is -1.46. The average molecular weight is 287 g/mol. The van der Waals surface area contributed by atoms with Gasteiger partial charge in [0.1, 0.15) is 9.84 Å². The number of methoxy groups -OCH3 is 1. The van der Waals surface area contributed by atoms with Crippen LogP contribution in [0.3, 0.4) is 0 Å². The molecule has 1 aliphatic heterocycles. The van der Waals surface area contributed by atoms with Gasteiger partial charge in [0, 0.05) is 31.8 Å². The van der Waals surface area contributed by atoms with Crippen molar-refractivity contribution in [3.8, 4) is 5.75 Å². The topological polar surface area (TPSA) is 46.6 Å². The summed E-state index contributed by atoms with van der Waals surface area (Å²) in [5, 5.41) is 0. The molecule has 1 aromatic carbocycles. The van der Waals surface area contributed by atoms with Gasteiger partial charge in [-0.05, 0) is 17.7 Å². The number of hydrogen-bond donors (Lipinski definition) is 0. The summed E-state index contributed by atoms with van der Waals surface area (Å²) >= 11 is 0. The van der Waals surface area contributed by atoms with Crippen LogP contribution in [0.5, 0.6) is 5.75 Å². The largest absolute Gasteiger partial charge is 0.494 e. The van der Waals surface area contributed by atoms with Crippen molar-refractivity contribution in [1.29, 1.82) is 0 Å². The third-order valence-electron chi connectivity index (χ3n) is 3.38. The highest BCUT2D eigenvalue weighted by Crippen LogP contribution is 2.30. The van der Waals surface area contributed by atoms with Crippen molar-refractivity contribution < 1.29 is 17.5 Å². The number of likely N-dealkylation sites (tertiary alicyclic amines) is 1. The minimum absolute atomic E-state index is 0.187. The number of sulfone groups is 1. The lowest BCUT2D eigenvalue weighted by Crippen LogP contribution is -2.46. The van der Waals surface area contributed by atoms with Crippen LogP contribution >= 0.6 is 0 Å². The summed E-state index contributed by atoms with van der Waals surface area (Å²) < 4.78 is 40.4. The van der Waals surface area contributed by atoms with Crippen LogP contribution in [0, 0.1) is 5.82 Å². The lowest BCUT2D eigenvalue weighted by atomic mass is 9.91. The molecule has 0 atom stereocenters. The smallest absolute Gasteiger partial charge is 0.165 e. The van der Waals surface area contributed by atoms with E-state index >= 15 is 0 Å². The highest BCUT2D eigenvalue weighted by molar-refractivity contribution is 7.90. The second-order valence-corrected chi connectivity index (χ2v) is 7.24. The molecule has 0 bridgehead atoms. The maximum absolute atomic E-state index is 13.3. The zero-order chi connectivity index (χ0) is 14.0. The standard InChI is InChI=1S/C13H18FNO3S/c1-18-13-7-10(3-4-12(13)14)11-8-15(9-11)5-6-19(2,16)17/h3-4,7,11H,5-6,8-9H2,1-2H3. The number of hydrogen-bond acceptors (Lipinski definition) is 4. The molecule has 1 aromatic rings. The first-order chi connectivity index (χ1) is 8.89. The molecule has 0 aromatic heterocycles. The second kappa shape index (κ2) is 5.46. The Morgan fingerprint density at radius 2 is 2.11 bits per heavy atom. The molecule has 19 heavy (non-hydrogen) atoms. The first-order valence-corrected chi connectivity index (χ1v) is 8.18. The van der Waals surface area contributed by atoms with Gasteiger partial charge in [-0.25, -0.2) is 12.8 Å². The van der Waals surface area contributed by atoms with E-state index in [1.807, 2.05) is 0 Å². The monoisotopic (exact) mass is 287 g/mol. The fraction of sp³-hybridized carbons (Fsp3) is 0.538. The Morgan fingerprint density at radius 3 is 2.68 bits per heavy atom. The second-order valence-electron chi connectivity index (χ2n) is 4.98. The van der Waals surface area contributed by atoms with Crippen LogP contribution < -0.4 is 4.74 Å². The Labute approximate surface area is 113 Å². The normalized spacial score (nSPS) is 17.2. The van der Waals surface area contributed by atoms with Crippen molar-refractivity contribution in [1.82, 2.24) is 4.90 Å². The molecule has 1 aliphatic rings. The van der Waals surface area contributed by atoms with Gasteiger partial charge in [0.25, 0.3) is 0 Å². The summed E-state index contributed by atoms with van der Waals surface area (Å²) in [6.45, 7) is 2.18. The van der Waals surface area contributed by atoms with Crippen molar-refractivity contribution >= 4 is 9.84 Å². The summed E-state index contributed by atoms with van der Waals surface area (Å²) in [5.41, 5.74) is 1.04.